The maximum atomic E-state index is 13.8. The molecule has 2 aromatic rings. The highest BCUT2D eigenvalue weighted by molar-refractivity contribution is 5.65. The number of nitrogens with two attached hydrogens (primary N) is 1. The monoisotopic (exact) mass is 234 g/mol. The summed E-state index contributed by atoms with van der Waals surface area (Å²) in [6.07, 6.45) is 1.43. The molecule has 2 nitrogen and oxygen atoms in total. The van der Waals surface area contributed by atoms with Gasteiger partial charge in [0.05, 0.1) is 17.6 Å². The Balaban J connectivity index is 2.64. The van der Waals surface area contributed by atoms with Crippen molar-refractivity contribution in [2.45, 2.75) is 13.8 Å². The van der Waals surface area contributed by atoms with Gasteiger partial charge >= 0.3 is 0 Å². The first-order valence-electron chi connectivity index (χ1n) is 5.17. The van der Waals surface area contributed by atoms with Crippen LogP contribution in [0, 0.1) is 25.5 Å². The van der Waals surface area contributed by atoms with E-state index in [0.29, 0.717) is 16.9 Å². The third kappa shape index (κ3) is 2.11. The lowest BCUT2D eigenvalue weighted by Crippen LogP contribution is -1.96. The van der Waals surface area contributed by atoms with E-state index in [1.807, 2.05) is 0 Å². The molecule has 1 heterocycles. The average molecular weight is 234 g/mol. The number of hydrogen-bond acceptors (Lipinski definition) is 2. The first kappa shape index (κ1) is 11.5. The molecule has 2 N–H and O–H groups in total. The predicted octanol–water partition coefficient (Wildman–Crippen LogP) is 3.23. The highest BCUT2D eigenvalue weighted by Gasteiger charge is 2.12. The molecular weight excluding hydrogens is 222 g/mol. The first-order chi connectivity index (χ1) is 7.99. The number of rotatable bonds is 1. The van der Waals surface area contributed by atoms with E-state index < -0.39 is 11.6 Å². The lowest BCUT2D eigenvalue weighted by Gasteiger charge is -2.08. The van der Waals surface area contributed by atoms with Crippen LogP contribution in [0.3, 0.4) is 0 Å². The zero-order valence-corrected chi connectivity index (χ0v) is 9.59. The number of nitrogens with zero attached hydrogens (tertiary/aromatic N) is 1. The number of pyridine rings is 1. The molecule has 0 radical (unpaired) electrons. The number of anilines is 1. The minimum Gasteiger partial charge on any atom is -0.397 e. The molecule has 1 aromatic carbocycles. The van der Waals surface area contributed by atoms with Crippen molar-refractivity contribution < 1.29 is 8.78 Å². The Hall–Kier alpha value is -1.97. The zero-order chi connectivity index (χ0) is 12.6. The molecule has 4 heteroatoms. The van der Waals surface area contributed by atoms with Gasteiger partial charge in [-0.15, -0.1) is 0 Å². The SMILES string of the molecule is Cc1cc(F)c(-c2ncc(N)cc2C)cc1F. The summed E-state index contributed by atoms with van der Waals surface area (Å²) in [6, 6.07) is 4.01. The van der Waals surface area contributed by atoms with Gasteiger partial charge in [0.25, 0.3) is 0 Å². The van der Waals surface area contributed by atoms with Gasteiger partial charge in [-0.2, -0.15) is 0 Å². The van der Waals surface area contributed by atoms with Gasteiger partial charge in [-0.1, -0.05) is 0 Å². The summed E-state index contributed by atoms with van der Waals surface area (Å²) in [4.78, 5) is 4.05. The van der Waals surface area contributed by atoms with Crippen LogP contribution < -0.4 is 5.73 Å². The minimum absolute atomic E-state index is 0.158. The fourth-order valence-electron chi connectivity index (χ4n) is 1.71. The van der Waals surface area contributed by atoms with Crippen LogP contribution in [0.25, 0.3) is 11.3 Å². The van der Waals surface area contributed by atoms with Crippen molar-refractivity contribution in [1.82, 2.24) is 4.98 Å². The molecule has 0 fully saturated rings. The molecule has 17 heavy (non-hydrogen) atoms. The maximum absolute atomic E-state index is 13.8. The van der Waals surface area contributed by atoms with Crippen molar-refractivity contribution in [1.29, 1.82) is 0 Å². The molecule has 0 aliphatic heterocycles. The summed E-state index contributed by atoms with van der Waals surface area (Å²) in [5.74, 6) is -0.927. The van der Waals surface area contributed by atoms with E-state index in [1.165, 1.54) is 19.2 Å². The van der Waals surface area contributed by atoms with Gasteiger partial charge < -0.3 is 5.73 Å². The Kier molecular flexibility index (Phi) is 2.79. The van der Waals surface area contributed by atoms with Crippen molar-refractivity contribution in [3.05, 3.63) is 47.2 Å². The Morgan fingerprint density at radius 1 is 1.00 bits per heavy atom. The third-order valence-electron chi connectivity index (χ3n) is 2.60. The van der Waals surface area contributed by atoms with Crippen molar-refractivity contribution >= 4 is 5.69 Å². The topological polar surface area (TPSA) is 38.9 Å². The summed E-state index contributed by atoms with van der Waals surface area (Å²) in [6.45, 7) is 3.28. The van der Waals surface area contributed by atoms with Crippen LogP contribution in [0.2, 0.25) is 0 Å². The summed E-state index contributed by atoms with van der Waals surface area (Å²) in [5.41, 5.74) is 7.63. The van der Waals surface area contributed by atoms with Gasteiger partial charge in [0.15, 0.2) is 0 Å². The predicted molar refractivity (Wildman–Crippen MR) is 63.5 cm³/mol. The number of aryl methyl sites for hydroxylation is 2. The number of hydrogen-bond donors (Lipinski definition) is 1. The normalized spacial score (nSPS) is 10.6. The van der Waals surface area contributed by atoms with Crippen molar-refractivity contribution in [2.24, 2.45) is 0 Å². The second-order valence-electron chi connectivity index (χ2n) is 4.02. The van der Waals surface area contributed by atoms with Gasteiger partial charge in [0, 0.05) is 5.56 Å². The van der Waals surface area contributed by atoms with E-state index in [0.717, 1.165) is 6.07 Å². The van der Waals surface area contributed by atoms with Crippen molar-refractivity contribution in [3.63, 3.8) is 0 Å². The lowest BCUT2D eigenvalue weighted by molar-refractivity contribution is 0.594. The molecule has 0 saturated carbocycles. The molecule has 0 bridgehead atoms. The highest BCUT2D eigenvalue weighted by Crippen LogP contribution is 2.27. The van der Waals surface area contributed by atoms with Gasteiger partial charge in [-0.25, -0.2) is 8.78 Å². The van der Waals surface area contributed by atoms with Crippen LogP contribution in [-0.4, -0.2) is 4.98 Å². The largest absolute Gasteiger partial charge is 0.397 e. The second-order valence-corrected chi connectivity index (χ2v) is 4.02. The fraction of sp³-hybridized carbons (Fsp3) is 0.154. The Morgan fingerprint density at radius 3 is 2.35 bits per heavy atom. The molecule has 1 aromatic heterocycles. The average Bonchev–Trinajstić information content (AvgIpc) is 2.24. The smallest absolute Gasteiger partial charge is 0.133 e. The quantitative estimate of drug-likeness (QED) is 0.822. The summed E-state index contributed by atoms with van der Waals surface area (Å²) in [5, 5.41) is 0. The van der Waals surface area contributed by atoms with Crippen LogP contribution in [0.15, 0.2) is 24.4 Å². The van der Waals surface area contributed by atoms with Gasteiger partial charge in [-0.3, -0.25) is 4.98 Å². The summed E-state index contributed by atoms with van der Waals surface area (Å²) < 4.78 is 27.2. The Labute approximate surface area is 98.1 Å². The van der Waals surface area contributed by atoms with E-state index in [2.05, 4.69) is 4.98 Å². The van der Waals surface area contributed by atoms with Gasteiger partial charge in [0.1, 0.15) is 11.6 Å². The molecule has 0 unspecified atom stereocenters. The Morgan fingerprint density at radius 2 is 1.71 bits per heavy atom. The fourth-order valence-corrected chi connectivity index (χ4v) is 1.71. The number of nitrogen functional groups attached to an aromatic ring is 1. The van der Waals surface area contributed by atoms with Crippen molar-refractivity contribution in [2.75, 3.05) is 5.73 Å². The maximum Gasteiger partial charge on any atom is 0.133 e. The third-order valence-corrected chi connectivity index (χ3v) is 2.60. The van der Waals surface area contributed by atoms with Crippen LogP contribution >= 0.6 is 0 Å². The number of halogens is 2. The van der Waals surface area contributed by atoms with E-state index in [1.54, 1.807) is 13.0 Å². The zero-order valence-electron chi connectivity index (χ0n) is 9.59. The van der Waals surface area contributed by atoms with Gasteiger partial charge in [0.2, 0.25) is 0 Å². The molecule has 0 aliphatic carbocycles. The lowest BCUT2D eigenvalue weighted by atomic mass is 10.0. The van der Waals surface area contributed by atoms with E-state index in [-0.39, 0.29) is 11.1 Å². The second kappa shape index (κ2) is 4.13. The van der Waals surface area contributed by atoms with Crippen LogP contribution in [0.5, 0.6) is 0 Å². The standard InChI is InChI=1S/C13H12F2N2/c1-7-4-12(15)10(5-11(7)14)13-8(2)3-9(16)6-17-13/h3-6H,16H2,1-2H3. The highest BCUT2D eigenvalue weighted by atomic mass is 19.1. The van der Waals surface area contributed by atoms with Gasteiger partial charge in [-0.05, 0) is 43.2 Å². The summed E-state index contributed by atoms with van der Waals surface area (Å²) >= 11 is 0. The molecule has 0 saturated heterocycles. The molecule has 0 spiro atoms. The number of benzene rings is 1. The molecular formula is C13H12F2N2. The van der Waals surface area contributed by atoms with Crippen molar-refractivity contribution in [3.8, 4) is 11.3 Å². The Bertz CT molecular complexity index is 580. The number of aromatic nitrogens is 1. The first-order valence-corrected chi connectivity index (χ1v) is 5.17. The van der Waals surface area contributed by atoms with Crippen LogP contribution in [0.1, 0.15) is 11.1 Å². The molecule has 88 valence electrons. The van der Waals surface area contributed by atoms with E-state index in [4.69, 9.17) is 5.73 Å². The van der Waals surface area contributed by atoms with E-state index in [9.17, 15) is 8.78 Å². The van der Waals surface area contributed by atoms with Crippen LogP contribution in [-0.2, 0) is 0 Å². The molecule has 0 aliphatic rings. The molecule has 2 rings (SSSR count). The van der Waals surface area contributed by atoms with E-state index >= 15 is 0 Å². The molecule has 0 amide bonds. The van der Waals surface area contributed by atoms with Crippen LogP contribution in [0.4, 0.5) is 14.5 Å². The summed E-state index contributed by atoms with van der Waals surface area (Å²) in [7, 11) is 0. The minimum atomic E-state index is -0.482. The molecule has 0 atom stereocenters.